The zero-order chi connectivity index (χ0) is 43.5. The molecule has 6 nitrogen and oxygen atoms in total. The van der Waals surface area contributed by atoms with Crippen LogP contribution in [-0.4, -0.2) is 26.6 Å². The van der Waals surface area contributed by atoms with Gasteiger partial charge in [0.25, 0.3) is 0 Å². The molecule has 0 aliphatic heterocycles. The van der Waals surface area contributed by atoms with Crippen molar-refractivity contribution in [1.82, 2.24) is 15.0 Å². The molecule has 306 valence electrons. The monoisotopic (exact) mass is 816 g/mol. The van der Waals surface area contributed by atoms with Gasteiger partial charge in [-0.25, -0.2) is 19.9 Å². The summed E-state index contributed by atoms with van der Waals surface area (Å²) in [7, 11) is 0. The third-order valence-corrected chi connectivity index (χ3v) is 11.4. The van der Waals surface area contributed by atoms with E-state index in [1.165, 1.54) is 16.3 Å². The first-order valence-electron chi connectivity index (χ1n) is 21.3. The summed E-state index contributed by atoms with van der Waals surface area (Å²) >= 11 is 0. The molecule has 0 spiro atoms. The Bertz CT molecular complexity index is 3120. The van der Waals surface area contributed by atoms with Crippen molar-refractivity contribution in [3.8, 4) is 56.4 Å². The Hall–Kier alpha value is -7.83. The van der Waals surface area contributed by atoms with E-state index in [2.05, 4.69) is 174 Å². The maximum Gasteiger partial charge on any atom is 0.164 e. The lowest BCUT2D eigenvalue weighted by atomic mass is 9.92. The molecule has 63 heavy (non-hydrogen) atoms. The van der Waals surface area contributed by atoms with Crippen LogP contribution in [0.1, 0.15) is 51.9 Å². The average molecular weight is 817 g/mol. The number of hydrogen-bond donors (Lipinski definition) is 1. The number of aromatic nitrogens is 3. The van der Waals surface area contributed by atoms with Crippen LogP contribution in [0.3, 0.4) is 0 Å². The number of nitrogens with zero attached hydrogens (tertiary/aromatic N) is 5. The van der Waals surface area contributed by atoms with Crippen molar-refractivity contribution in [3.05, 3.63) is 221 Å². The third kappa shape index (κ3) is 8.97. The fraction of sp³-hybridized carbons (Fsp3) is 0.105. The van der Waals surface area contributed by atoms with Crippen LogP contribution in [0.5, 0.6) is 0 Å². The molecular weight excluding hydrogens is 769 g/mol. The second kappa shape index (κ2) is 17.6. The van der Waals surface area contributed by atoms with Crippen LogP contribution in [0.15, 0.2) is 192 Å². The molecule has 0 aliphatic rings. The highest BCUT2D eigenvalue weighted by molar-refractivity contribution is 6.11. The van der Waals surface area contributed by atoms with E-state index in [9.17, 15) is 0 Å². The van der Waals surface area contributed by atoms with Crippen LogP contribution in [0.2, 0.25) is 0 Å². The lowest BCUT2D eigenvalue weighted by Gasteiger charge is -2.14. The van der Waals surface area contributed by atoms with Crippen LogP contribution in [-0.2, 0) is 0 Å². The van der Waals surface area contributed by atoms with E-state index in [1.807, 2.05) is 42.5 Å². The largest absolute Gasteiger partial charge is 0.383 e. The van der Waals surface area contributed by atoms with Gasteiger partial charge in [0.05, 0.1) is 6.04 Å². The summed E-state index contributed by atoms with van der Waals surface area (Å²) in [6, 6.07) is 63.1. The number of nitrogens with two attached hydrogens (primary N) is 1. The molecule has 0 amide bonds. The van der Waals surface area contributed by atoms with E-state index in [-0.39, 0.29) is 6.04 Å². The van der Waals surface area contributed by atoms with E-state index in [0.717, 1.165) is 72.3 Å². The van der Waals surface area contributed by atoms with Gasteiger partial charge in [0, 0.05) is 27.8 Å². The molecule has 6 heteroatoms. The third-order valence-electron chi connectivity index (χ3n) is 11.4. The molecule has 1 heterocycles. The number of rotatable bonds is 9. The Morgan fingerprint density at radius 2 is 0.841 bits per heavy atom. The van der Waals surface area contributed by atoms with Crippen LogP contribution < -0.4 is 5.73 Å². The summed E-state index contributed by atoms with van der Waals surface area (Å²) in [5.74, 6) is 2.99. The lowest BCUT2D eigenvalue weighted by Crippen LogP contribution is -2.17. The van der Waals surface area contributed by atoms with Crippen molar-refractivity contribution < 1.29 is 0 Å². The van der Waals surface area contributed by atoms with E-state index in [0.29, 0.717) is 29.1 Å². The van der Waals surface area contributed by atoms with Crippen molar-refractivity contribution >= 4 is 22.4 Å². The Morgan fingerprint density at radius 1 is 0.429 bits per heavy atom. The van der Waals surface area contributed by atoms with Gasteiger partial charge < -0.3 is 5.73 Å². The number of benzene rings is 8. The van der Waals surface area contributed by atoms with Gasteiger partial charge in [-0.3, -0.25) is 4.99 Å². The van der Waals surface area contributed by atoms with Gasteiger partial charge in [0.1, 0.15) is 5.84 Å². The molecule has 0 saturated carbocycles. The topological polar surface area (TPSA) is 89.4 Å². The number of hydrogen-bond acceptors (Lipinski definition) is 4. The van der Waals surface area contributed by atoms with Gasteiger partial charge in [-0.2, -0.15) is 0 Å². The molecule has 2 N–H and O–H groups in total. The minimum absolute atomic E-state index is 0.161. The van der Waals surface area contributed by atoms with Crippen molar-refractivity contribution in [2.24, 2.45) is 15.7 Å². The van der Waals surface area contributed by atoms with E-state index >= 15 is 0 Å². The summed E-state index contributed by atoms with van der Waals surface area (Å²) in [6.07, 6.45) is 0. The molecule has 1 unspecified atom stereocenters. The molecule has 1 atom stereocenters. The van der Waals surface area contributed by atoms with Gasteiger partial charge >= 0.3 is 0 Å². The zero-order valence-corrected chi connectivity index (χ0v) is 36.2. The smallest absolute Gasteiger partial charge is 0.164 e. The van der Waals surface area contributed by atoms with E-state index < -0.39 is 0 Å². The van der Waals surface area contributed by atoms with Gasteiger partial charge in [0.2, 0.25) is 0 Å². The first-order chi connectivity index (χ1) is 30.6. The van der Waals surface area contributed by atoms with Crippen molar-refractivity contribution in [2.45, 2.75) is 40.7 Å². The molecule has 0 bridgehead atoms. The lowest BCUT2D eigenvalue weighted by molar-refractivity contribution is 0.818. The Kier molecular flexibility index (Phi) is 11.4. The van der Waals surface area contributed by atoms with Gasteiger partial charge in [-0.1, -0.05) is 180 Å². The summed E-state index contributed by atoms with van der Waals surface area (Å²) in [6.45, 7) is 10.4. The van der Waals surface area contributed by atoms with Crippen molar-refractivity contribution in [3.63, 3.8) is 0 Å². The minimum Gasteiger partial charge on any atom is -0.383 e. The summed E-state index contributed by atoms with van der Waals surface area (Å²) in [5.41, 5.74) is 21.5. The SMILES string of the molecule is Cc1cccc(/C(N)=N/C(=N\C(C)c2ccc(-c3cccc4c(-c5ccc(-c6nc(-c7cccc(C)c7)nc(-c7cccc(C)c7)n6)cc5)cccc34)cc2)c2cccc(C)c2)c1. The van der Waals surface area contributed by atoms with Crippen molar-refractivity contribution in [2.75, 3.05) is 0 Å². The van der Waals surface area contributed by atoms with Crippen LogP contribution >= 0.6 is 0 Å². The van der Waals surface area contributed by atoms with Crippen LogP contribution in [0.4, 0.5) is 0 Å². The van der Waals surface area contributed by atoms with Gasteiger partial charge in [-0.05, 0) is 97.5 Å². The molecule has 9 rings (SSSR count). The first kappa shape index (κ1) is 40.6. The highest BCUT2D eigenvalue weighted by atomic mass is 15.0. The quantitative estimate of drug-likeness (QED) is 0.116. The number of amidine groups is 2. The average Bonchev–Trinajstić information content (AvgIpc) is 3.31. The molecule has 1 aromatic heterocycles. The summed E-state index contributed by atoms with van der Waals surface area (Å²) < 4.78 is 0. The predicted octanol–water partition coefficient (Wildman–Crippen LogP) is 13.5. The number of aliphatic imine (C=N–C) groups is 2. The van der Waals surface area contributed by atoms with Crippen molar-refractivity contribution in [1.29, 1.82) is 0 Å². The highest BCUT2D eigenvalue weighted by Gasteiger charge is 2.16. The summed E-state index contributed by atoms with van der Waals surface area (Å²) in [4.78, 5) is 25.0. The standard InChI is InChI=1S/C57H48N6/c1-36-12-6-16-45(32-36)53(58)60-55(46-17-7-13-37(2)33-46)59-40(5)41-24-26-42(27-25-41)49-20-10-23-52-50(21-11-22-51(49)52)43-28-30-44(31-29-43)54-61-56(47-18-8-14-38(3)34-47)63-57(62-54)48-19-9-15-39(4)35-48/h6-35,40H,1-5H3,(H2,58,59,60). The first-order valence-corrected chi connectivity index (χ1v) is 21.3. The molecule has 9 aromatic rings. The molecule has 8 aromatic carbocycles. The summed E-state index contributed by atoms with van der Waals surface area (Å²) in [5, 5.41) is 2.36. The van der Waals surface area contributed by atoms with Crippen LogP contribution in [0.25, 0.3) is 67.2 Å². The fourth-order valence-corrected chi connectivity index (χ4v) is 8.08. The molecule has 0 saturated heterocycles. The van der Waals surface area contributed by atoms with Gasteiger partial charge in [-0.15, -0.1) is 0 Å². The molecule has 0 radical (unpaired) electrons. The highest BCUT2D eigenvalue weighted by Crippen LogP contribution is 2.36. The number of aryl methyl sites for hydroxylation is 4. The normalized spacial score (nSPS) is 12.4. The zero-order valence-electron chi connectivity index (χ0n) is 36.2. The number of fused-ring (bicyclic) bond motifs is 1. The second-order valence-corrected chi connectivity index (χ2v) is 16.3. The Morgan fingerprint density at radius 3 is 1.35 bits per heavy atom. The van der Waals surface area contributed by atoms with Crippen LogP contribution in [0, 0.1) is 27.7 Å². The Balaban J connectivity index is 1.02. The molecule has 0 fully saturated rings. The molecule has 0 aliphatic carbocycles. The molecular formula is C57H48N6. The predicted molar refractivity (Wildman–Crippen MR) is 262 cm³/mol. The maximum atomic E-state index is 6.58. The second-order valence-electron chi connectivity index (χ2n) is 16.3. The van der Waals surface area contributed by atoms with E-state index in [4.69, 9.17) is 30.7 Å². The Labute approximate surface area is 369 Å². The van der Waals surface area contributed by atoms with E-state index in [1.54, 1.807) is 0 Å². The van der Waals surface area contributed by atoms with Gasteiger partial charge in [0.15, 0.2) is 23.3 Å². The maximum absolute atomic E-state index is 6.58. The minimum atomic E-state index is -0.161. The fourth-order valence-electron chi connectivity index (χ4n) is 8.08.